The van der Waals surface area contributed by atoms with Gasteiger partial charge in [-0.15, -0.1) is 0 Å². The Balaban J connectivity index is 2.02. The first-order valence-corrected chi connectivity index (χ1v) is 8.19. The highest BCUT2D eigenvalue weighted by atomic mass is 14.9. The number of aryl methyl sites for hydroxylation is 2. The van der Waals surface area contributed by atoms with Gasteiger partial charge in [0.1, 0.15) is 0 Å². The van der Waals surface area contributed by atoms with E-state index in [1.807, 2.05) is 0 Å². The van der Waals surface area contributed by atoms with Crippen molar-refractivity contribution in [3.8, 4) is 0 Å². The van der Waals surface area contributed by atoms with Crippen molar-refractivity contribution in [1.29, 1.82) is 0 Å². The summed E-state index contributed by atoms with van der Waals surface area (Å²) in [4.78, 5) is 0. The van der Waals surface area contributed by atoms with Gasteiger partial charge in [-0.1, -0.05) is 68.4 Å². The van der Waals surface area contributed by atoms with Crippen LogP contribution in [0, 0.1) is 0 Å². The standard InChI is InChI=1S/C20H27N/c1-3-16-21-20(15-12-18-8-6-5-7-9-18)19-13-10-17(4-2)11-14-19/h5-11,13-14,20-21H,3-4,12,15-16H2,1-2H3. The molecule has 0 saturated carbocycles. The van der Waals surface area contributed by atoms with Crippen molar-refractivity contribution in [1.82, 2.24) is 5.32 Å². The van der Waals surface area contributed by atoms with E-state index in [2.05, 4.69) is 73.8 Å². The lowest BCUT2D eigenvalue weighted by Gasteiger charge is -2.19. The Morgan fingerprint density at radius 1 is 0.857 bits per heavy atom. The van der Waals surface area contributed by atoms with Crippen molar-refractivity contribution in [2.75, 3.05) is 6.54 Å². The molecule has 0 spiro atoms. The van der Waals surface area contributed by atoms with Gasteiger partial charge in [0.25, 0.3) is 0 Å². The van der Waals surface area contributed by atoms with Crippen molar-refractivity contribution in [3.05, 3.63) is 71.3 Å². The SMILES string of the molecule is CCCNC(CCc1ccccc1)c1ccc(CC)cc1. The van der Waals surface area contributed by atoms with E-state index in [0.29, 0.717) is 6.04 Å². The molecule has 2 aromatic carbocycles. The van der Waals surface area contributed by atoms with E-state index in [1.165, 1.54) is 23.1 Å². The summed E-state index contributed by atoms with van der Waals surface area (Å²) in [5.41, 5.74) is 4.25. The highest BCUT2D eigenvalue weighted by Crippen LogP contribution is 2.20. The van der Waals surface area contributed by atoms with Crippen molar-refractivity contribution in [3.63, 3.8) is 0 Å². The first-order chi connectivity index (χ1) is 10.3. The molecule has 2 rings (SSSR count). The maximum Gasteiger partial charge on any atom is 0.0323 e. The average molecular weight is 281 g/mol. The Labute approximate surface area is 129 Å². The molecule has 0 aliphatic heterocycles. The van der Waals surface area contributed by atoms with Crippen molar-refractivity contribution >= 4 is 0 Å². The minimum Gasteiger partial charge on any atom is -0.310 e. The maximum absolute atomic E-state index is 3.69. The molecule has 0 fully saturated rings. The van der Waals surface area contributed by atoms with Crippen LogP contribution in [0.2, 0.25) is 0 Å². The minimum absolute atomic E-state index is 0.455. The topological polar surface area (TPSA) is 12.0 Å². The highest BCUT2D eigenvalue weighted by Gasteiger charge is 2.10. The van der Waals surface area contributed by atoms with E-state index in [4.69, 9.17) is 0 Å². The molecule has 2 aromatic rings. The quantitative estimate of drug-likeness (QED) is 0.724. The Bertz CT molecular complexity index is 501. The molecule has 112 valence electrons. The summed E-state index contributed by atoms with van der Waals surface area (Å²) in [6.07, 6.45) is 4.56. The molecule has 1 heteroatoms. The van der Waals surface area contributed by atoms with Crippen LogP contribution < -0.4 is 5.32 Å². The second-order valence-electron chi connectivity index (χ2n) is 5.63. The lowest BCUT2D eigenvalue weighted by atomic mass is 9.97. The first kappa shape index (κ1) is 15.8. The van der Waals surface area contributed by atoms with Gasteiger partial charge in [0.15, 0.2) is 0 Å². The monoisotopic (exact) mass is 281 g/mol. The number of benzene rings is 2. The van der Waals surface area contributed by atoms with Gasteiger partial charge in [-0.2, -0.15) is 0 Å². The van der Waals surface area contributed by atoms with Crippen molar-refractivity contribution in [2.45, 2.75) is 45.6 Å². The largest absolute Gasteiger partial charge is 0.310 e. The molecule has 0 heterocycles. The molecule has 0 amide bonds. The number of hydrogen-bond acceptors (Lipinski definition) is 1. The van der Waals surface area contributed by atoms with E-state index in [0.717, 1.165) is 25.8 Å². The number of rotatable bonds is 8. The molecule has 0 radical (unpaired) electrons. The molecular formula is C20H27N. The molecule has 0 bridgehead atoms. The fraction of sp³-hybridized carbons (Fsp3) is 0.400. The third-order valence-electron chi connectivity index (χ3n) is 4.00. The zero-order valence-electron chi connectivity index (χ0n) is 13.3. The summed E-state index contributed by atoms with van der Waals surface area (Å²) in [7, 11) is 0. The highest BCUT2D eigenvalue weighted by molar-refractivity contribution is 5.25. The summed E-state index contributed by atoms with van der Waals surface area (Å²) < 4.78 is 0. The van der Waals surface area contributed by atoms with Gasteiger partial charge >= 0.3 is 0 Å². The molecule has 1 unspecified atom stereocenters. The zero-order valence-corrected chi connectivity index (χ0v) is 13.3. The van der Waals surface area contributed by atoms with E-state index in [1.54, 1.807) is 0 Å². The van der Waals surface area contributed by atoms with Gasteiger partial charge < -0.3 is 5.32 Å². The van der Waals surface area contributed by atoms with Crippen molar-refractivity contribution in [2.24, 2.45) is 0 Å². The zero-order chi connectivity index (χ0) is 14.9. The predicted octanol–water partition coefficient (Wildman–Crippen LogP) is 4.92. The summed E-state index contributed by atoms with van der Waals surface area (Å²) in [5.74, 6) is 0. The number of nitrogens with one attached hydrogen (secondary N) is 1. The van der Waals surface area contributed by atoms with Crippen LogP contribution in [-0.2, 0) is 12.8 Å². The Hall–Kier alpha value is -1.60. The van der Waals surface area contributed by atoms with Gasteiger partial charge in [-0.3, -0.25) is 0 Å². The van der Waals surface area contributed by atoms with Crippen LogP contribution in [0.25, 0.3) is 0 Å². The molecule has 0 aliphatic rings. The van der Waals surface area contributed by atoms with Gasteiger partial charge in [0.05, 0.1) is 0 Å². The van der Waals surface area contributed by atoms with Crippen LogP contribution in [-0.4, -0.2) is 6.54 Å². The van der Waals surface area contributed by atoms with Gasteiger partial charge in [-0.05, 0) is 48.9 Å². The van der Waals surface area contributed by atoms with E-state index in [9.17, 15) is 0 Å². The fourth-order valence-electron chi connectivity index (χ4n) is 2.65. The van der Waals surface area contributed by atoms with Crippen molar-refractivity contribution < 1.29 is 0 Å². The second-order valence-corrected chi connectivity index (χ2v) is 5.63. The van der Waals surface area contributed by atoms with Gasteiger partial charge in [0.2, 0.25) is 0 Å². The van der Waals surface area contributed by atoms with Crippen LogP contribution in [0.1, 0.15) is 49.4 Å². The van der Waals surface area contributed by atoms with Crippen LogP contribution in [0.15, 0.2) is 54.6 Å². The lowest BCUT2D eigenvalue weighted by molar-refractivity contribution is 0.499. The molecule has 0 aromatic heterocycles. The Morgan fingerprint density at radius 2 is 1.57 bits per heavy atom. The minimum atomic E-state index is 0.455. The van der Waals surface area contributed by atoms with E-state index >= 15 is 0 Å². The molecule has 1 N–H and O–H groups in total. The molecule has 1 atom stereocenters. The summed E-state index contributed by atoms with van der Waals surface area (Å²) in [6, 6.07) is 20.3. The predicted molar refractivity (Wildman–Crippen MR) is 91.6 cm³/mol. The van der Waals surface area contributed by atoms with Gasteiger partial charge in [0, 0.05) is 6.04 Å². The molecule has 0 aliphatic carbocycles. The molecule has 0 saturated heterocycles. The molecule has 1 nitrogen and oxygen atoms in total. The first-order valence-electron chi connectivity index (χ1n) is 8.19. The van der Waals surface area contributed by atoms with E-state index in [-0.39, 0.29) is 0 Å². The number of hydrogen-bond donors (Lipinski definition) is 1. The van der Waals surface area contributed by atoms with Crippen LogP contribution >= 0.6 is 0 Å². The average Bonchev–Trinajstić information content (AvgIpc) is 2.56. The Morgan fingerprint density at radius 3 is 2.19 bits per heavy atom. The third-order valence-corrected chi connectivity index (χ3v) is 4.00. The van der Waals surface area contributed by atoms with E-state index < -0.39 is 0 Å². The van der Waals surface area contributed by atoms with Crippen LogP contribution in [0.3, 0.4) is 0 Å². The summed E-state index contributed by atoms with van der Waals surface area (Å²) in [5, 5.41) is 3.69. The third kappa shape index (κ3) is 5.02. The lowest BCUT2D eigenvalue weighted by Crippen LogP contribution is -2.22. The smallest absolute Gasteiger partial charge is 0.0323 e. The van der Waals surface area contributed by atoms with Crippen LogP contribution in [0.5, 0.6) is 0 Å². The van der Waals surface area contributed by atoms with Crippen LogP contribution in [0.4, 0.5) is 0 Å². The summed E-state index contributed by atoms with van der Waals surface area (Å²) >= 11 is 0. The molecule has 21 heavy (non-hydrogen) atoms. The normalized spacial score (nSPS) is 12.3. The summed E-state index contributed by atoms with van der Waals surface area (Å²) in [6.45, 7) is 5.51. The second kappa shape index (κ2) is 8.63. The Kier molecular flexibility index (Phi) is 6.49. The molecular weight excluding hydrogens is 254 g/mol. The maximum atomic E-state index is 3.69. The fourth-order valence-corrected chi connectivity index (χ4v) is 2.65. The van der Waals surface area contributed by atoms with Gasteiger partial charge in [-0.25, -0.2) is 0 Å².